The Morgan fingerprint density at radius 1 is 0.395 bits per heavy atom. The SMILES string of the molecule is CCCCCCCCCCCCCOC(=O)CCCCC1=C(CCCCC(=O)OCCCCCCCCCCCCC)C(CCCN(CCCCO)CCCCC(=O)OCCCCCCCCCCCCC)=CC=CN1. The molecule has 0 aromatic carbocycles. The lowest BCUT2D eigenvalue weighted by Crippen LogP contribution is -2.27. The fourth-order valence-corrected chi connectivity index (χ4v) is 10.6. The van der Waals surface area contributed by atoms with Crippen molar-refractivity contribution in [2.45, 2.75) is 329 Å². The summed E-state index contributed by atoms with van der Waals surface area (Å²) in [6, 6.07) is 0. The highest BCUT2D eigenvalue weighted by molar-refractivity contribution is 5.70. The fourth-order valence-electron chi connectivity index (χ4n) is 10.6. The molecule has 0 unspecified atom stereocenters. The molecule has 444 valence electrons. The number of unbranched alkanes of at least 4 members (excludes halogenated alkanes) is 34. The highest BCUT2D eigenvalue weighted by Gasteiger charge is 2.16. The number of aliphatic hydroxyl groups is 1. The minimum Gasteiger partial charge on any atom is -0.466 e. The summed E-state index contributed by atoms with van der Waals surface area (Å²) in [6.07, 6.45) is 60.7. The van der Waals surface area contributed by atoms with Crippen LogP contribution in [0.2, 0.25) is 0 Å². The smallest absolute Gasteiger partial charge is 0.305 e. The quantitative estimate of drug-likeness (QED) is 0.0349. The second-order valence-corrected chi connectivity index (χ2v) is 22.7. The van der Waals surface area contributed by atoms with Crippen molar-refractivity contribution in [3.63, 3.8) is 0 Å². The molecule has 0 aromatic rings. The average molecular weight is 1070 g/mol. The summed E-state index contributed by atoms with van der Waals surface area (Å²) >= 11 is 0. The van der Waals surface area contributed by atoms with Crippen LogP contribution in [0.3, 0.4) is 0 Å². The van der Waals surface area contributed by atoms with E-state index in [-0.39, 0.29) is 24.5 Å². The maximum Gasteiger partial charge on any atom is 0.305 e. The first-order chi connectivity index (χ1) is 37.4. The summed E-state index contributed by atoms with van der Waals surface area (Å²) in [5.41, 5.74) is 3.91. The van der Waals surface area contributed by atoms with Gasteiger partial charge in [0.2, 0.25) is 0 Å². The second kappa shape index (κ2) is 57.0. The predicted molar refractivity (Wildman–Crippen MR) is 322 cm³/mol. The van der Waals surface area contributed by atoms with Crippen LogP contribution in [-0.2, 0) is 28.6 Å². The zero-order chi connectivity index (χ0) is 54.9. The van der Waals surface area contributed by atoms with Crippen molar-refractivity contribution in [1.29, 1.82) is 0 Å². The number of aliphatic hydroxyl groups excluding tert-OH is 1. The average Bonchev–Trinajstić information content (AvgIpc) is 3.61. The van der Waals surface area contributed by atoms with Crippen LogP contribution in [0.25, 0.3) is 0 Å². The van der Waals surface area contributed by atoms with Gasteiger partial charge in [0.25, 0.3) is 0 Å². The minimum atomic E-state index is -0.0794. The van der Waals surface area contributed by atoms with Gasteiger partial charge in [-0.1, -0.05) is 219 Å². The summed E-state index contributed by atoms with van der Waals surface area (Å²) in [5.74, 6) is -0.225. The van der Waals surface area contributed by atoms with Crippen LogP contribution < -0.4 is 5.32 Å². The maximum absolute atomic E-state index is 12.8. The largest absolute Gasteiger partial charge is 0.466 e. The first kappa shape index (κ1) is 71.4. The molecule has 0 atom stereocenters. The Balaban J connectivity index is 2.64. The number of allylic oxidation sites excluding steroid dienone is 5. The number of ether oxygens (including phenoxy) is 3. The summed E-state index contributed by atoms with van der Waals surface area (Å²) in [6.45, 7) is 11.5. The van der Waals surface area contributed by atoms with Gasteiger partial charge in [-0.3, -0.25) is 14.4 Å². The van der Waals surface area contributed by atoms with Gasteiger partial charge in [-0.05, 0) is 133 Å². The lowest BCUT2D eigenvalue weighted by atomic mass is 9.92. The standard InChI is InChI=1S/C67H124N2O7/c1-4-7-10-13-16-19-22-25-28-31-42-59-74-65(71)51-36-34-49-63-62(47-45-54-68-64(63)50-35-37-52-66(72)75-60-43-32-29-26-23-20-17-14-11-8-5-2)48-46-57-69(56-40-41-58-70)55-39-38-53-67(73)76-61-44-33-30-27-24-21-18-15-12-9-6-3/h45,47,54,68,70H,4-44,46,48-53,55-61H2,1-3H3. The number of nitrogens with one attached hydrogen (secondary N) is 1. The van der Waals surface area contributed by atoms with Crippen molar-refractivity contribution in [2.24, 2.45) is 0 Å². The highest BCUT2D eigenvalue weighted by atomic mass is 16.5. The van der Waals surface area contributed by atoms with Crippen LogP contribution >= 0.6 is 0 Å². The molecular formula is C67H124N2O7. The summed E-state index contributed by atoms with van der Waals surface area (Å²) in [4.78, 5) is 40.5. The molecule has 0 aliphatic carbocycles. The molecule has 0 spiro atoms. The number of nitrogens with zero attached hydrogens (tertiary/aromatic N) is 1. The Bertz CT molecular complexity index is 1410. The Labute approximate surface area is 470 Å². The van der Waals surface area contributed by atoms with Gasteiger partial charge < -0.3 is 29.5 Å². The summed E-state index contributed by atoms with van der Waals surface area (Å²) in [5, 5.41) is 13.2. The van der Waals surface area contributed by atoms with Gasteiger partial charge in [0.05, 0.1) is 19.8 Å². The third kappa shape index (κ3) is 47.4. The van der Waals surface area contributed by atoms with Crippen molar-refractivity contribution in [2.75, 3.05) is 46.1 Å². The Morgan fingerprint density at radius 3 is 1.13 bits per heavy atom. The van der Waals surface area contributed by atoms with Gasteiger partial charge in [-0.2, -0.15) is 0 Å². The monoisotopic (exact) mass is 1070 g/mol. The fraction of sp³-hybridized carbons (Fsp3) is 0.866. The molecule has 0 saturated heterocycles. The van der Waals surface area contributed by atoms with Crippen LogP contribution in [-0.4, -0.2) is 74.0 Å². The number of carbonyl (C=O) groups is 3. The van der Waals surface area contributed by atoms with E-state index in [0.717, 1.165) is 135 Å². The maximum atomic E-state index is 12.8. The third-order valence-corrected chi connectivity index (χ3v) is 15.5. The zero-order valence-corrected chi connectivity index (χ0v) is 50.5. The molecule has 0 fully saturated rings. The van der Waals surface area contributed by atoms with Crippen molar-refractivity contribution in [3.05, 3.63) is 35.2 Å². The molecule has 1 aliphatic heterocycles. The normalized spacial score (nSPS) is 12.6. The van der Waals surface area contributed by atoms with Crippen molar-refractivity contribution >= 4 is 17.9 Å². The van der Waals surface area contributed by atoms with E-state index in [2.05, 4.69) is 43.1 Å². The number of carbonyl (C=O) groups excluding carboxylic acids is 3. The molecule has 1 aliphatic rings. The molecule has 0 radical (unpaired) electrons. The van der Waals surface area contributed by atoms with Gasteiger partial charge in [0, 0.05) is 37.8 Å². The van der Waals surface area contributed by atoms with Crippen LogP contribution in [0, 0.1) is 0 Å². The molecule has 1 heterocycles. The van der Waals surface area contributed by atoms with E-state index in [4.69, 9.17) is 14.2 Å². The van der Waals surface area contributed by atoms with Gasteiger partial charge in [0.15, 0.2) is 0 Å². The van der Waals surface area contributed by atoms with E-state index in [9.17, 15) is 19.5 Å². The molecule has 2 N–H and O–H groups in total. The Kier molecular flexibility index (Phi) is 53.6. The third-order valence-electron chi connectivity index (χ3n) is 15.5. The molecule has 0 amide bonds. The van der Waals surface area contributed by atoms with E-state index < -0.39 is 0 Å². The van der Waals surface area contributed by atoms with E-state index in [1.807, 2.05) is 6.20 Å². The van der Waals surface area contributed by atoms with E-state index in [0.29, 0.717) is 39.1 Å². The summed E-state index contributed by atoms with van der Waals surface area (Å²) < 4.78 is 16.9. The topological polar surface area (TPSA) is 114 Å². The van der Waals surface area contributed by atoms with E-state index in [1.54, 1.807) is 0 Å². The summed E-state index contributed by atoms with van der Waals surface area (Å²) in [7, 11) is 0. The van der Waals surface area contributed by atoms with Gasteiger partial charge in [-0.15, -0.1) is 0 Å². The Morgan fingerprint density at radius 2 is 0.737 bits per heavy atom. The lowest BCUT2D eigenvalue weighted by Gasteiger charge is -2.23. The van der Waals surface area contributed by atoms with Crippen LogP contribution in [0.5, 0.6) is 0 Å². The van der Waals surface area contributed by atoms with Crippen molar-refractivity contribution in [3.8, 4) is 0 Å². The van der Waals surface area contributed by atoms with Gasteiger partial charge in [0.1, 0.15) is 0 Å². The predicted octanol–water partition coefficient (Wildman–Crippen LogP) is 19.0. The molecule has 1 rings (SSSR count). The van der Waals surface area contributed by atoms with Gasteiger partial charge in [-0.25, -0.2) is 0 Å². The Hall–Kier alpha value is -2.65. The van der Waals surface area contributed by atoms with Crippen LogP contribution in [0.1, 0.15) is 329 Å². The zero-order valence-electron chi connectivity index (χ0n) is 50.5. The lowest BCUT2D eigenvalue weighted by molar-refractivity contribution is -0.144. The second-order valence-electron chi connectivity index (χ2n) is 22.7. The van der Waals surface area contributed by atoms with E-state index >= 15 is 0 Å². The van der Waals surface area contributed by atoms with Crippen molar-refractivity contribution in [1.82, 2.24) is 10.2 Å². The first-order valence-corrected chi connectivity index (χ1v) is 33.1. The molecule has 0 bridgehead atoms. The number of hydrogen-bond donors (Lipinski definition) is 2. The van der Waals surface area contributed by atoms with Crippen molar-refractivity contribution < 1.29 is 33.7 Å². The molecule has 0 aromatic heterocycles. The highest BCUT2D eigenvalue weighted by Crippen LogP contribution is 2.29. The molecular weight excluding hydrogens is 945 g/mol. The molecule has 0 saturated carbocycles. The molecule has 9 nitrogen and oxygen atoms in total. The number of rotatable bonds is 59. The minimum absolute atomic E-state index is 0.0674. The number of esters is 3. The van der Waals surface area contributed by atoms with E-state index in [1.165, 1.54) is 190 Å². The first-order valence-electron chi connectivity index (χ1n) is 33.1. The molecule has 9 heteroatoms. The van der Waals surface area contributed by atoms with Crippen LogP contribution in [0.15, 0.2) is 35.2 Å². The van der Waals surface area contributed by atoms with Gasteiger partial charge >= 0.3 is 17.9 Å². The molecule has 76 heavy (non-hydrogen) atoms. The number of hydrogen-bond acceptors (Lipinski definition) is 9. The van der Waals surface area contributed by atoms with Crippen LogP contribution in [0.4, 0.5) is 0 Å².